The molecule has 0 radical (unpaired) electrons. The molecule has 35 heavy (non-hydrogen) atoms. The first-order valence-corrected chi connectivity index (χ1v) is 11.2. The van der Waals surface area contributed by atoms with Gasteiger partial charge < -0.3 is 20.1 Å². The van der Waals surface area contributed by atoms with E-state index < -0.39 is 0 Å². The first kappa shape index (κ1) is 22.3. The van der Waals surface area contributed by atoms with Crippen LogP contribution in [0.1, 0.15) is 34.9 Å². The van der Waals surface area contributed by atoms with Crippen LogP contribution in [0.25, 0.3) is 11.1 Å². The fourth-order valence-electron chi connectivity index (χ4n) is 4.27. The Morgan fingerprint density at radius 1 is 1.03 bits per heavy atom. The highest BCUT2D eigenvalue weighted by Crippen LogP contribution is 2.38. The molecule has 0 spiro atoms. The van der Waals surface area contributed by atoms with Crippen LogP contribution in [-0.2, 0) is 0 Å². The molecule has 3 heterocycles. The van der Waals surface area contributed by atoms with Gasteiger partial charge in [-0.25, -0.2) is 19.9 Å². The molecule has 4 aromatic rings. The first-order chi connectivity index (χ1) is 17.1. The number of anilines is 1. The molecule has 0 unspecified atom stereocenters. The van der Waals surface area contributed by atoms with E-state index in [4.69, 9.17) is 15.2 Å². The van der Waals surface area contributed by atoms with Crippen LogP contribution < -0.4 is 15.2 Å². The zero-order chi connectivity index (χ0) is 24.2. The summed E-state index contributed by atoms with van der Waals surface area (Å²) in [7, 11) is 1.62. The van der Waals surface area contributed by atoms with Gasteiger partial charge in [0.25, 0.3) is 5.91 Å². The molecule has 9 heteroatoms. The van der Waals surface area contributed by atoms with Crippen LogP contribution in [-0.4, -0.2) is 44.4 Å². The van der Waals surface area contributed by atoms with Gasteiger partial charge in [0, 0.05) is 36.3 Å². The van der Waals surface area contributed by atoms with E-state index in [0.29, 0.717) is 17.9 Å². The SMILES string of the molecule is COc1cccc(-c2cnc(N)nc2[C@H]2CCCN2C(=O)c2cccc(Oc3ncccn3)c2)c1. The maximum absolute atomic E-state index is 13.6. The molecule has 9 nitrogen and oxygen atoms in total. The van der Waals surface area contributed by atoms with Crippen molar-refractivity contribution in [1.29, 1.82) is 0 Å². The maximum atomic E-state index is 13.6. The number of carbonyl (C=O) groups is 1. The lowest BCUT2D eigenvalue weighted by atomic mass is 9.99. The molecule has 1 saturated heterocycles. The molecule has 2 aromatic carbocycles. The Labute approximate surface area is 202 Å². The van der Waals surface area contributed by atoms with E-state index in [1.54, 1.807) is 56.0 Å². The average Bonchev–Trinajstić information content (AvgIpc) is 3.39. The predicted molar refractivity (Wildman–Crippen MR) is 130 cm³/mol. The normalized spacial score (nSPS) is 15.1. The highest BCUT2D eigenvalue weighted by molar-refractivity contribution is 5.95. The highest BCUT2D eigenvalue weighted by atomic mass is 16.5. The summed E-state index contributed by atoms with van der Waals surface area (Å²) in [4.78, 5) is 32.4. The molecule has 0 saturated carbocycles. The zero-order valence-corrected chi connectivity index (χ0v) is 19.2. The standard InChI is InChI=1S/C26H24N6O3/c1-34-19-8-2-6-17(14-19)21-16-30-25(27)31-23(21)22-10-4-13-32(22)24(33)18-7-3-9-20(15-18)35-26-28-11-5-12-29-26/h2-3,5-9,11-12,14-16,22H,4,10,13H2,1H3,(H2,27,30,31)/t22-/m1/s1. The summed E-state index contributed by atoms with van der Waals surface area (Å²) in [6, 6.07) is 16.4. The van der Waals surface area contributed by atoms with E-state index >= 15 is 0 Å². The first-order valence-electron chi connectivity index (χ1n) is 11.2. The molecule has 0 aliphatic carbocycles. The van der Waals surface area contributed by atoms with E-state index in [9.17, 15) is 4.79 Å². The second kappa shape index (κ2) is 9.76. The lowest BCUT2D eigenvalue weighted by molar-refractivity contribution is 0.0733. The number of rotatable bonds is 6. The molecule has 176 valence electrons. The lowest BCUT2D eigenvalue weighted by Gasteiger charge is -2.26. The Kier molecular flexibility index (Phi) is 6.21. The number of hydrogen-bond acceptors (Lipinski definition) is 8. The lowest BCUT2D eigenvalue weighted by Crippen LogP contribution is -2.31. The summed E-state index contributed by atoms with van der Waals surface area (Å²) >= 11 is 0. The molecule has 1 aliphatic rings. The van der Waals surface area contributed by atoms with Crippen molar-refractivity contribution in [2.24, 2.45) is 0 Å². The molecular weight excluding hydrogens is 444 g/mol. The molecule has 2 aromatic heterocycles. The number of hydrogen-bond donors (Lipinski definition) is 1. The van der Waals surface area contributed by atoms with Crippen molar-refractivity contribution in [3.63, 3.8) is 0 Å². The van der Waals surface area contributed by atoms with E-state index in [1.807, 2.05) is 29.2 Å². The number of nitrogens with zero attached hydrogens (tertiary/aromatic N) is 5. The number of benzene rings is 2. The molecule has 1 fully saturated rings. The number of nitrogens with two attached hydrogens (primary N) is 1. The van der Waals surface area contributed by atoms with Crippen molar-refractivity contribution >= 4 is 11.9 Å². The minimum Gasteiger partial charge on any atom is -0.497 e. The third-order valence-corrected chi connectivity index (χ3v) is 5.88. The highest BCUT2D eigenvalue weighted by Gasteiger charge is 2.34. The van der Waals surface area contributed by atoms with Crippen LogP contribution in [0.4, 0.5) is 5.95 Å². The van der Waals surface area contributed by atoms with E-state index in [1.165, 1.54) is 0 Å². The van der Waals surface area contributed by atoms with E-state index in [2.05, 4.69) is 19.9 Å². The summed E-state index contributed by atoms with van der Waals surface area (Å²) in [6.07, 6.45) is 6.53. The van der Waals surface area contributed by atoms with E-state index in [0.717, 1.165) is 35.4 Å². The molecule has 1 atom stereocenters. The third-order valence-electron chi connectivity index (χ3n) is 5.88. The minimum atomic E-state index is -0.240. The van der Waals surface area contributed by atoms with Gasteiger partial charge in [0.1, 0.15) is 11.5 Å². The van der Waals surface area contributed by atoms with Crippen LogP contribution in [0.5, 0.6) is 17.5 Å². The maximum Gasteiger partial charge on any atom is 0.321 e. The molecule has 5 rings (SSSR count). The summed E-state index contributed by atoms with van der Waals surface area (Å²) in [6.45, 7) is 0.609. The number of carbonyl (C=O) groups excluding carboxylic acids is 1. The second-order valence-corrected chi connectivity index (χ2v) is 8.08. The molecular formula is C26H24N6O3. The fraction of sp³-hybridized carbons (Fsp3) is 0.192. The smallest absolute Gasteiger partial charge is 0.321 e. The molecule has 1 aliphatic heterocycles. The van der Waals surface area contributed by atoms with Gasteiger partial charge in [-0.2, -0.15) is 0 Å². The number of nitrogen functional groups attached to an aromatic ring is 1. The number of ether oxygens (including phenoxy) is 2. The van der Waals surface area contributed by atoms with Crippen LogP contribution in [0, 0.1) is 0 Å². The van der Waals surface area contributed by atoms with Crippen molar-refractivity contribution in [2.45, 2.75) is 18.9 Å². The third kappa shape index (κ3) is 4.74. The quantitative estimate of drug-likeness (QED) is 0.445. The Bertz CT molecular complexity index is 1350. The fourth-order valence-corrected chi connectivity index (χ4v) is 4.27. The Morgan fingerprint density at radius 3 is 2.66 bits per heavy atom. The van der Waals surface area contributed by atoms with Crippen molar-refractivity contribution in [3.05, 3.63) is 84.4 Å². The molecule has 0 bridgehead atoms. The largest absolute Gasteiger partial charge is 0.497 e. The summed E-state index contributed by atoms with van der Waals surface area (Å²) in [5, 5.41) is 0. The van der Waals surface area contributed by atoms with Gasteiger partial charge in [-0.3, -0.25) is 4.79 Å². The van der Waals surface area contributed by atoms with Crippen molar-refractivity contribution in [3.8, 4) is 28.6 Å². The number of aromatic nitrogens is 4. The predicted octanol–water partition coefficient (Wildman–Crippen LogP) is 4.29. The summed E-state index contributed by atoms with van der Waals surface area (Å²) in [5.41, 5.74) is 8.93. The number of amides is 1. The van der Waals surface area contributed by atoms with Crippen molar-refractivity contribution in [1.82, 2.24) is 24.8 Å². The Hall–Kier alpha value is -4.53. The van der Waals surface area contributed by atoms with Gasteiger partial charge in [-0.1, -0.05) is 18.2 Å². The number of likely N-dealkylation sites (tertiary alicyclic amines) is 1. The zero-order valence-electron chi connectivity index (χ0n) is 19.2. The Balaban J connectivity index is 1.46. The average molecular weight is 469 g/mol. The Morgan fingerprint density at radius 2 is 1.83 bits per heavy atom. The van der Waals surface area contributed by atoms with Gasteiger partial charge in [0.05, 0.1) is 18.8 Å². The van der Waals surface area contributed by atoms with Gasteiger partial charge in [-0.05, 0) is 54.8 Å². The van der Waals surface area contributed by atoms with Crippen LogP contribution >= 0.6 is 0 Å². The topological polar surface area (TPSA) is 116 Å². The monoisotopic (exact) mass is 468 g/mol. The number of methoxy groups -OCH3 is 1. The molecule has 1 amide bonds. The minimum absolute atomic E-state index is 0.110. The van der Waals surface area contributed by atoms with Crippen molar-refractivity contribution < 1.29 is 14.3 Å². The van der Waals surface area contributed by atoms with Gasteiger partial charge in [0.2, 0.25) is 5.95 Å². The van der Waals surface area contributed by atoms with E-state index in [-0.39, 0.29) is 23.9 Å². The summed E-state index contributed by atoms with van der Waals surface area (Å²) in [5.74, 6) is 1.27. The van der Waals surface area contributed by atoms with Crippen LogP contribution in [0.2, 0.25) is 0 Å². The summed E-state index contributed by atoms with van der Waals surface area (Å²) < 4.78 is 11.1. The molecule has 2 N–H and O–H groups in total. The van der Waals surface area contributed by atoms with Crippen LogP contribution in [0.3, 0.4) is 0 Å². The second-order valence-electron chi connectivity index (χ2n) is 8.08. The van der Waals surface area contributed by atoms with Gasteiger partial charge in [0.15, 0.2) is 0 Å². The van der Waals surface area contributed by atoms with Gasteiger partial charge in [-0.15, -0.1) is 0 Å². The van der Waals surface area contributed by atoms with Crippen molar-refractivity contribution in [2.75, 3.05) is 19.4 Å². The van der Waals surface area contributed by atoms with Crippen LogP contribution in [0.15, 0.2) is 73.2 Å². The van der Waals surface area contributed by atoms with Gasteiger partial charge >= 0.3 is 6.01 Å².